The van der Waals surface area contributed by atoms with Crippen molar-refractivity contribution in [2.45, 2.75) is 45.2 Å². The highest BCUT2D eigenvalue weighted by Gasteiger charge is 2.25. The van der Waals surface area contributed by atoms with Gasteiger partial charge in [0.15, 0.2) is 6.29 Å². The molecule has 4 heteroatoms. The van der Waals surface area contributed by atoms with Gasteiger partial charge < -0.3 is 19.7 Å². The molecule has 0 aliphatic carbocycles. The second kappa shape index (κ2) is 5.66. The molecule has 4 atom stereocenters. The van der Waals surface area contributed by atoms with Crippen LogP contribution >= 0.6 is 0 Å². The van der Waals surface area contributed by atoms with Crippen molar-refractivity contribution in [2.24, 2.45) is 5.92 Å². The van der Waals surface area contributed by atoms with E-state index < -0.39 is 6.10 Å². The van der Waals surface area contributed by atoms with E-state index in [9.17, 15) is 0 Å². The fourth-order valence-corrected chi connectivity index (χ4v) is 1.47. The molecule has 0 aromatic heterocycles. The van der Waals surface area contributed by atoms with Crippen molar-refractivity contribution in [2.75, 3.05) is 13.2 Å². The summed E-state index contributed by atoms with van der Waals surface area (Å²) in [6.45, 7) is 4.06. The normalized spacial score (nSPS) is 35.6. The third-order valence-corrected chi connectivity index (χ3v) is 2.71. The Labute approximate surface area is 84.8 Å². The smallest absolute Gasteiger partial charge is 0.158 e. The molecular weight excluding hydrogens is 184 g/mol. The van der Waals surface area contributed by atoms with E-state index in [0.29, 0.717) is 5.92 Å². The fourth-order valence-electron chi connectivity index (χ4n) is 1.47. The zero-order chi connectivity index (χ0) is 10.6. The minimum Gasteiger partial charge on any atom is -0.394 e. The maximum Gasteiger partial charge on any atom is 0.158 e. The molecule has 0 bridgehead atoms. The van der Waals surface area contributed by atoms with Crippen molar-refractivity contribution >= 4 is 0 Å². The molecule has 1 aliphatic rings. The minimum absolute atomic E-state index is 0.141. The van der Waals surface area contributed by atoms with Crippen LogP contribution in [0.15, 0.2) is 0 Å². The molecule has 2 N–H and O–H groups in total. The van der Waals surface area contributed by atoms with Crippen molar-refractivity contribution in [3.8, 4) is 0 Å². The first-order valence-corrected chi connectivity index (χ1v) is 5.19. The van der Waals surface area contributed by atoms with Crippen molar-refractivity contribution in [3.63, 3.8) is 0 Å². The van der Waals surface area contributed by atoms with E-state index in [2.05, 4.69) is 6.92 Å². The van der Waals surface area contributed by atoms with Crippen LogP contribution in [0.25, 0.3) is 0 Å². The molecule has 1 rings (SSSR count). The van der Waals surface area contributed by atoms with E-state index in [1.807, 2.05) is 6.92 Å². The molecule has 0 radical (unpaired) electrons. The van der Waals surface area contributed by atoms with Gasteiger partial charge in [-0.2, -0.15) is 0 Å². The van der Waals surface area contributed by atoms with E-state index in [1.54, 1.807) is 0 Å². The lowest BCUT2D eigenvalue weighted by atomic mass is 9.97. The first kappa shape index (κ1) is 11.9. The van der Waals surface area contributed by atoms with Gasteiger partial charge in [-0.1, -0.05) is 6.92 Å². The summed E-state index contributed by atoms with van der Waals surface area (Å²) in [5.41, 5.74) is 0. The summed E-state index contributed by atoms with van der Waals surface area (Å²) in [7, 11) is 0. The molecule has 1 heterocycles. The van der Waals surface area contributed by atoms with Crippen molar-refractivity contribution in [1.82, 2.24) is 0 Å². The first-order valence-electron chi connectivity index (χ1n) is 5.19. The monoisotopic (exact) mass is 204 g/mol. The van der Waals surface area contributed by atoms with Crippen LogP contribution in [0.5, 0.6) is 0 Å². The Balaban J connectivity index is 2.20. The summed E-state index contributed by atoms with van der Waals surface area (Å²) in [4.78, 5) is 0. The Bertz CT molecular complexity index is 162. The van der Waals surface area contributed by atoms with Gasteiger partial charge in [0.1, 0.15) is 6.10 Å². The number of rotatable bonds is 4. The number of hydrogen-bond donors (Lipinski definition) is 2. The minimum atomic E-state index is -0.798. The van der Waals surface area contributed by atoms with Gasteiger partial charge in [-0.25, -0.2) is 0 Å². The summed E-state index contributed by atoms with van der Waals surface area (Å²) in [5.74, 6) is 0.567. The third kappa shape index (κ3) is 3.53. The Morgan fingerprint density at radius 1 is 1.43 bits per heavy atom. The molecule has 84 valence electrons. The van der Waals surface area contributed by atoms with Crippen LogP contribution < -0.4 is 0 Å². The Kier molecular flexibility index (Phi) is 4.81. The largest absolute Gasteiger partial charge is 0.394 e. The van der Waals surface area contributed by atoms with Gasteiger partial charge >= 0.3 is 0 Å². The third-order valence-electron chi connectivity index (χ3n) is 2.71. The molecule has 14 heavy (non-hydrogen) atoms. The number of ether oxygens (including phenoxy) is 2. The second-order valence-electron chi connectivity index (χ2n) is 4.00. The molecular formula is C10H20O4. The molecule has 0 spiro atoms. The Morgan fingerprint density at radius 3 is 2.71 bits per heavy atom. The summed E-state index contributed by atoms with van der Waals surface area (Å²) < 4.78 is 10.9. The van der Waals surface area contributed by atoms with Crippen molar-refractivity contribution in [3.05, 3.63) is 0 Å². The van der Waals surface area contributed by atoms with Crippen LogP contribution in [0.1, 0.15) is 26.7 Å². The lowest BCUT2D eigenvalue weighted by molar-refractivity contribution is -0.213. The van der Waals surface area contributed by atoms with E-state index in [0.717, 1.165) is 12.8 Å². The van der Waals surface area contributed by atoms with Crippen molar-refractivity contribution in [1.29, 1.82) is 0 Å². The molecule has 0 aromatic rings. The molecule has 0 saturated carbocycles. The van der Waals surface area contributed by atoms with Crippen LogP contribution in [0, 0.1) is 5.92 Å². The number of hydrogen-bond acceptors (Lipinski definition) is 4. The highest BCUT2D eigenvalue weighted by atomic mass is 16.7. The molecule has 1 fully saturated rings. The van der Waals surface area contributed by atoms with E-state index in [4.69, 9.17) is 19.7 Å². The average molecular weight is 204 g/mol. The maximum atomic E-state index is 9.08. The van der Waals surface area contributed by atoms with Crippen LogP contribution in [-0.2, 0) is 9.47 Å². The predicted molar refractivity (Wildman–Crippen MR) is 51.8 cm³/mol. The number of aliphatic hydroxyl groups excluding tert-OH is 2. The van der Waals surface area contributed by atoms with E-state index in [1.165, 1.54) is 0 Å². The van der Waals surface area contributed by atoms with Crippen LogP contribution in [0.4, 0.5) is 0 Å². The van der Waals surface area contributed by atoms with Crippen LogP contribution in [0.3, 0.4) is 0 Å². The summed E-state index contributed by atoms with van der Waals surface area (Å²) >= 11 is 0. The van der Waals surface area contributed by atoms with Crippen molar-refractivity contribution < 1.29 is 19.7 Å². The lowest BCUT2D eigenvalue weighted by Gasteiger charge is -2.32. The van der Waals surface area contributed by atoms with Gasteiger partial charge in [0, 0.05) is 0 Å². The summed E-state index contributed by atoms with van der Waals surface area (Å²) in [6.07, 6.45) is 1.14. The van der Waals surface area contributed by atoms with Crippen LogP contribution in [0.2, 0.25) is 0 Å². The molecule has 4 nitrogen and oxygen atoms in total. The predicted octanol–water partition coefficient (Wildman–Crippen LogP) is 0.517. The average Bonchev–Trinajstić information content (AvgIpc) is 2.19. The van der Waals surface area contributed by atoms with E-state index in [-0.39, 0.29) is 25.6 Å². The molecule has 1 aliphatic heterocycles. The molecule has 1 saturated heterocycles. The van der Waals surface area contributed by atoms with Gasteiger partial charge in [-0.05, 0) is 25.7 Å². The summed E-state index contributed by atoms with van der Waals surface area (Å²) in [5, 5.41) is 17.7. The number of aliphatic hydroxyl groups is 2. The Morgan fingerprint density at radius 2 is 2.14 bits per heavy atom. The standard InChI is InChI=1S/C10H20O4/c1-7-3-4-10(14-8(7)2)13-6-9(12)5-11/h7-12H,3-6H2,1-2H3. The second-order valence-corrected chi connectivity index (χ2v) is 4.00. The zero-order valence-electron chi connectivity index (χ0n) is 8.85. The molecule has 0 amide bonds. The van der Waals surface area contributed by atoms with E-state index >= 15 is 0 Å². The van der Waals surface area contributed by atoms with Gasteiger partial charge in [0.25, 0.3) is 0 Å². The highest BCUT2D eigenvalue weighted by molar-refractivity contribution is 4.69. The summed E-state index contributed by atoms with van der Waals surface area (Å²) in [6, 6.07) is 0. The Hall–Kier alpha value is -0.160. The zero-order valence-corrected chi connectivity index (χ0v) is 8.85. The van der Waals surface area contributed by atoms with Gasteiger partial charge in [0.2, 0.25) is 0 Å². The quantitative estimate of drug-likeness (QED) is 0.701. The fraction of sp³-hybridized carbons (Fsp3) is 1.00. The lowest BCUT2D eigenvalue weighted by Crippen LogP contribution is -2.35. The topological polar surface area (TPSA) is 58.9 Å². The molecule has 0 aromatic carbocycles. The highest BCUT2D eigenvalue weighted by Crippen LogP contribution is 2.24. The van der Waals surface area contributed by atoms with Gasteiger partial charge in [-0.3, -0.25) is 0 Å². The maximum absolute atomic E-state index is 9.08. The SMILES string of the molecule is CC1CCC(OCC(O)CO)OC1C. The van der Waals surface area contributed by atoms with Gasteiger partial charge in [0.05, 0.1) is 19.3 Å². The molecule has 4 unspecified atom stereocenters. The first-order chi connectivity index (χ1) is 6.63. The van der Waals surface area contributed by atoms with Crippen LogP contribution in [-0.4, -0.2) is 41.9 Å². The van der Waals surface area contributed by atoms with Gasteiger partial charge in [-0.15, -0.1) is 0 Å².